The summed E-state index contributed by atoms with van der Waals surface area (Å²) in [6.07, 6.45) is 4.98. The Kier molecular flexibility index (Phi) is 4.45. The number of halogens is 1. The third-order valence-corrected chi connectivity index (χ3v) is 5.15. The van der Waals surface area contributed by atoms with Gasteiger partial charge >= 0.3 is 0 Å². The number of fused-ring (bicyclic) bond motifs is 1. The van der Waals surface area contributed by atoms with E-state index in [1.54, 1.807) is 25.1 Å². The largest absolute Gasteiger partial charge is 0.324 e. The molecule has 24 heavy (non-hydrogen) atoms. The summed E-state index contributed by atoms with van der Waals surface area (Å²) in [6.45, 7) is 3.44. The summed E-state index contributed by atoms with van der Waals surface area (Å²) >= 11 is 6.06. The Morgan fingerprint density at radius 1 is 1.21 bits per heavy atom. The number of carbonyl (C=O) groups excluding carboxylic acids is 3. The maximum atomic E-state index is 12.5. The Hall–Kier alpha value is -2.14. The van der Waals surface area contributed by atoms with Gasteiger partial charge in [-0.05, 0) is 44.4 Å². The van der Waals surface area contributed by atoms with Gasteiger partial charge in [-0.1, -0.05) is 29.8 Å². The first-order valence-corrected chi connectivity index (χ1v) is 8.37. The number of nitrogens with zero attached hydrogens (tertiary/aromatic N) is 1. The molecule has 0 spiro atoms. The fraction of sp³-hybridized carbons (Fsp3) is 0.389. The summed E-state index contributed by atoms with van der Waals surface area (Å²) < 4.78 is 0. The number of aryl methyl sites for hydroxylation is 1. The van der Waals surface area contributed by atoms with E-state index in [1.807, 2.05) is 19.1 Å². The van der Waals surface area contributed by atoms with Crippen molar-refractivity contribution in [1.82, 2.24) is 4.90 Å². The first-order chi connectivity index (χ1) is 11.4. The lowest BCUT2D eigenvalue weighted by Gasteiger charge is -2.22. The van der Waals surface area contributed by atoms with Crippen molar-refractivity contribution in [2.75, 3.05) is 5.32 Å². The number of carbonyl (C=O) groups is 3. The van der Waals surface area contributed by atoms with Crippen molar-refractivity contribution in [2.24, 2.45) is 11.8 Å². The standard InChI is InChI=1S/C18H19ClN2O3/c1-10-7-8-12(9-15(10)19)20-16(22)11(2)21-17(23)13-5-3-4-6-14(13)18(21)24/h3-4,7-9,11,13-14H,5-6H2,1-2H3,(H,20,22)/t11-,13-,14-/m0/s1. The normalized spacial score (nSPS) is 24.0. The molecule has 1 aromatic carbocycles. The second-order valence-corrected chi connectivity index (χ2v) is 6.74. The first kappa shape index (κ1) is 16.7. The fourth-order valence-corrected chi connectivity index (χ4v) is 3.42. The molecule has 1 aliphatic heterocycles. The molecule has 3 atom stereocenters. The molecule has 126 valence electrons. The number of nitrogens with one attached hydrogen (secondary N) is 1. The molecule has 0 saturated carbocycles. The average Bonchev–Trinajstić information content (AvgIpc) is 2.82. The van der Waals surface area contributed by atoms with Gasteiger partial charge in [-0.25, -0.2) is 0 Å². The summed E-state index contributed by atoms with van der Waals surface area (Å²) in [5, 5.41) is 3.27. The smallest absolute Gasteiger partial charge is 0.247 e. The van der Waals surface area contributed by atoms with E-state index in [-0.39, 0.29) is 23.7 Å². The van der Waals surface area contributed by atoms with E-state index in [0.717, 1.165) is 10.5 Å². The van der Waals surface area contributed by atoms with Crippen molar-refractivity contribution in [2.45, 2.75) is 32.7 Å². The molecule has 2 aliphatic rings. The summed E-state index contributed by atoms with van der Waals surface area (Å²) in [7, 11) is 0. The molecule has 5 nitrogen and oxygen atoms in total. The van der Waals surface area contributed by atoms with Crippen LogP contribution >= 0.6 is 11.6 Å². The van der Waals surface area contributed by atoms with Crippen LogP contribution in [0.25, 0.3) is 0 Å². The number of imide groups is 1. The van der Waals surface area contributed by atoms with Gasteiger partial charge in [0.25, 0.3) is 0 Å². The fourth-order valence-electron chi connectivity index (χ4n) is 3.24. The van der Waals surface area contributed by atoms with Crippen LogP contribution in [0.1, 0.15) is 25.3 Å². The minimum absolute atomic E-state index is 0.251. The highest BCUT2D eigenvalue weighted by Gasteiger charge is 2.50. The van der Waals surface area contributed by atoms with Gasteiger partial charge in [-0.3, -0.25) is 19.3 Å². The number of rotatable bonds is 3. The maximum Gasteiger partial charge on any atom is 0.247 e. The lowest BCUT2D eigenvalue weighted by Crippen LogP contribution is -2.46. The van der Waals surface area contributed by atoms with Crippen LogP contribution in [0.2, 0.25) is 5.02 Å². The molecule has 1 aromatic rings. The lowest BCUT2D eigenvalue weighted by atomic mass is 9.85. The highest BCUT2D eigenvalue weighted by atomic mass is 35.5. The number of anilines is 1. The van der Waals surface area contributed by atoms with E-state index < -0.39 is 11.9 Å². The minimum Gasteiger partial charge on any atom is -0.324 e. The van der Waals surface area contributed by atoms with Gasteiger partial charge < -0.3 is 5.32 Å². The quantitative estimate of drug-likeness (QED) is 0.676. The molecule has 0 bridgehead atoms. The Bertz CT molecular complexity index is 718. The van der Waals surface area contributed by atoms with Crippen LogP contribution in [0, 0.1) is 18.8 Å². The topological polar surface area (TPSA) is 66.5 Å². The molecule has 0 unspecified atom stereocenters. The summed E-state index contributed by atoms with van der Waals surface area (Å²) in [4.78, 5) is 38.6. The molecule has 3 amide bonds. The Balaban J connectivity index is 1.74. The van der Waals surface area contributed by atoms with E-state index in [2.05, 4.69) is 5.32 Å². The molecule has 1 N–H and O–H groups in total. The highest BCUT2D eigenvalue weighted by Crippen LogP contribution is 2.36. The van der Waals surface area contributed by atoms with Gasteiger partial charge in [0, 0.05) is 10.7 Å². The number of likely N-dealkylation sites (tertiary alicyclic amines) is 1. The van der Waals surface area contributed by atoms with Crippen molar-refractivity contribution in [1.29, 1.82) is 0 Å². The molecule has 1 heterocycles. The van der Waals surface area contributed by atoms with Gasteiger partial charge in [-0.15, -0.1) is 0 Å². The van der Waals surface area contributed by atoms with Gasteiger partial charge in [0.15, 0.2) is 0 Å². The van der Waals surface area contributed by atoms with Crippen LogP contribution in [0.3, 0.4) is 0 Å². The summed E-state index contributed by atoms with van der Waals surface area (Å²) in [6, 6.07) is 4.34. The third-order valence-electron chi connectivity index (χ3n) is 4.75. The zero-order chi connectivity index (χ0) is 17.4. The van der Waals surface area contributed by atoms with Gasteiger partial charge in [-0.2, -0.15) is 0 Å². The van der Waals surface area contributed by atoms with Crippen molar-refractivity contribution < 1.29 is 14.4 Å². The van der Waals surface area contributed by atoms with Crippen molar-refractivity contribution in [3.63, 3.8) is 0 Å². The molecular formula is C18H19ClN2O3. The number of hydrogen-bond donors (Lipinski definition) is 1. The van der Waals surface area contributed by atoms with Crippen LogP contribution in [-0.2, 0) is 14.4 Å². The third kappa shape index (κ3) is 2.84. The van der Waals surface area contributed by atoms with E-state index in [9.17, 15) is 14.4 Å². The first-order valence-electron chi connectivity index (χ1n) is 7.99. The Morgan fingerprint density at radius 3 is 2.33 bits per heavy atom. The maximum absolute atomic E-state index is 12.5. The van der Waals surface area contributed by atoms with Crippen LogP contribution in [0.5, 0.6) is 0 Å². The predicted octanol–water partition coefficient (Wildman–Crippen LogP) is 2.93. The van der Waals surface area contributed by atoms with Crippen LogP contribution in [0.15, 0.2) is 30.4 Å². The molecule has 6 heteroatoms. The molecule has 3 rings (SSSR count). The van der Waals surface area contributed by atoms with Gasteiger partial charge in [0.2, 0.25) is 17.7 Å². The number of allylic oxidation sites excluding steroid dienone is 2. The number of amides is 3. The van der Waals surface area contributed by atoms with Gasteiger partial charge in [0.05, 0.1) is 11.8 Å². The lowest BCUT2D eigenvalue weighted by molar-refractivity contribution is -0.146. The molecular weight excluding hydrogens is 328 g/mol. The molecule has 1 aliphatic carbocycles. The molecule has 1 fully saturated rings. The van der Waals surface area contributed by atoms with Crippen LogP contribution < -0.4 is 5.32 Å². The van der Waals surface area contributed by atoms with Crippen molar-refractivity contribution in [3.05, 3.63) is 40.9 Å². The van der Waals surface area contributed by atoms with E-state index in [0.29, 0.717) is 23.6 Å². The predicted molar refractivity (Wildman–Crippen MR) is 91.5 cm³/mol. The number of benzene rings is 1. The average molecular weight is 347 g/mol. The molecule has 1 saturated heterocycles. The number of hydrogen-bond acceptors (Lipinski definition) is 3. The highest BCUT2D eigenvalue weighted by molar-refractivity contribution is 6.31. The summed E-state index contributed by atoms with van der Waals surface area (Å²) in [5.41, 5.74) is 1.45. The SMILES string of the molecule is Cc1ccc(NC(=O)[C@H](C)N2C(=O)[C@H]3CC=CC[C@@H]3C2=O)cc1Cl. The van der Waals surface area contributed by atoms with E-state index in [1.165, 1.54) is 0 Å². The van der Waals surface area contributed by atoms with Crippen molar-refractivity contribution >= 4 is 35.0 Å². The van der Waals surface area contributed by atoms with E-state index in [4.69, 9.17) is 11.6 Å². The van der Waals surface area contributed by atoms with Crippen molar-refractivity contribution in [3.8, 4) is 0 Å². The Labute approximate surface area is 145 Å². The monoisotopic (exact) mass is 346 g/mol. The van der Waals surface area contributed by atoms with Gasteiger partial charge in [0.1, 0.15) is 6.04 Å². The van der Waals surface area contributed by atoms with Crippen LogP contribution in [-0.4, -0.2) is 28.7 Å². The minimum atomic E-state index is -0.851. The van der Waals surface area contributed by atoms with E-state index >= 15 is 0 Å². The second-order valence-electron chi connectivity index (χ2n) is 6.33. The molecule has 0 radical (unpaired) electrons. The Morgan fingerprint density at radius 2 is 1.79 bits per heavy atom. The zero-order valence-electron chi connectivity index (χ0n) is 13.6. The van der Waals surface area contributed by atoms with Crippen LogP contribution in [0.4, 0.5) is 5.69 Å². The summed E-state index contributed by atoms with van der Waals surface area (Å²) in [5.74, 6) is -1.56. The second kappa shape index (κ2) is 6.40. The molecule has 0 aromatic heterocycles. The zero-order valence-corrected chi connectivity index (χ0v) is 14.3.